The Hall–Kier alpha value is -3.76. The highest BCUT2D eigenvalue weighted by atomic mass is 32.1. The summed E-state index contributed by atoms with van der Waals surface area (Å²) in [5.74, 6) is 0. The second kappa shape index (κ2) is 6.37. The molecule has 0 unspecified atom stereocenters. The molecule has 1 aromatic heterocycles. The van der Waals surface area contributed by atoms with Gasteiger partial charge in [0.1, 0.15) is 0 Å². The van der Waals surface area contributed by atoms with Crippen LogP contribution in [0.25, 0.3) is 52.8 Å². The fraction of sp³-hybridized carbons (Fsp3) is 0. The topological polar surface area (TPSA) is 43.1 Å². The third-order valence-corrected chi connectivity index (χ3v) is 6.96. The SMILES string of the molecule is O=[N+]([O-])c1c(-c2cccc3ccccc23)c2ccccc2c2sc3ccccc3c12. The minimum atomic E-state index is -0.203. The average Bonchev–Trinajstić information content (AvgIpc) is 3.17. The van der Waals surface area contributed by atoms with Gasteiger partial charge in [0.2, 0.25) is 0 Å². The van der Waals surface area contributed by atoms with Gasteiger partial charge in [0, 0.05) is 15.5 Å². The van der Waals surface area contributed by atoms with Crippen LogP contribution < -0.4 is 0 Å². The molecular formula is C26H15NO2S. The minimum Gasteiger partial charge on any atom is -0.258 e. The molecule has 1 heterocycles. The van der Waals surface area contributed by atoms with E-state index in [-0.39, 0.29) is 10.6 Å². The maximum Gasteiger partial charge on any atom is 0.287 e. The maximum atomic E-state index is 12.5. The predicted octanol–water partition coefficient (Wildman–Crippen LogP) is 7.94. The third kappa shape index (κ3) is 2.31. The summed E-state index contributed by atoms with van der Waals surface area (Å²) in [6.07, 6.45) is 0. The predicted molar refractivity (Wildman–Crippen MR) is 126 cm³/mol. The molecule has 30 heavy (non-hydrogen) atoms. The molecule has 6 aromatic rings. The van der Waals surface area contributed by atoms with Gasteiger partial charge in [-0.3, -0.25) is 10.1 Å². The van der Waals surface area contributed by atoms with Crippen LogP contribution in [-0.4, -0.2) is 4.92 Å². The molecule has 0 bridgehead atoms. The molecule has 0 aliphatic carbocycles. The lowest BCUT2D eigenvalue weighted by molar-refractivity contribution is -0.382. The molecule has 0 radical (unpaired) electrons. The molecule has 5 aromatic carbocycles. The Balaban J connectivity index is 1.94. The number of hydrogen-bond acceptors (Lipinski definition) is 3. The molecule has 0 amide bonds. The second-order valence-corrected chi connectivity index (χ2v) is 8.41. The Morgan fingerprint density at radius 1 is 0.667 bits per heavy atom. The van der Waals surface area contributed by atoms with Gasteiger partial charge in [0.15, 0.2) is 0 Å². The molecule has 0 saturated heterocycles. The van der Waals surface area contributed by atoms with E-state index < -0.39 is 0 Å². The molecule has 4 heteroatoms. The van der Waals surface area contributed by atoms with Crippen LogP contribution in [0.3, 0.4) is 0 Å². The first-order valence-corrected chi connectivity index (χ1v) is 10.5. The van der Waals surface area contributed by atoms with Crippen LogP contribution >= 0.6 is 11.3 Å². The van der Waals surface area contributed by atoms with Crippen molar-refractivity contribution in [3.8, 4) is 11.1 Å². The van der Waals surface area contributed by atoms with Gasteiger partial charge in [-0.05, 0) is 27.8 Å². The Morgan fingerprint density at radius 3 is 2.10 bits per heavy atom. The van der Waals surface area contributed by atoms with E-state index in [2.05, 4.69) is 6.07 Å². The Morgan fingerprint density at radius 2 is 1.30 bits per heavy atom. The minimum absolute atomic E-state index is 0.192. The van der Waals surface area contributed by atoms with Gasteiger partial charge in [-0.15, -0.1) is 11.3 Å². The van der Waals surface area contributed by atoms with E-state index >= 15 is 0 Å². The molecule has 0 fully saturated rings. The molecule has 3 nitrogen and oxygen atoms in total. The molecule has 0 aliphatic rings. The summed E-state index contributed by atoms with van der Waals surface area (Å²) in [5.41, 5.74) is 1.79. The normalized spacial score (nSPS) is 11.6. The fourth-order valence-corrected chi connectivity index (χ4v) is 5.76. The van der Waals surface area contributed by atoms with Crippen LogP contribution in [0, 0.1) is 10.1 Å². The fourth-order valence-electron chi connectivity index (χ4n) is 4.52. The molecule has 0 aliphatic heterocycles. The summed E-state index contributed by atoms with van der Waals surface area (Å²) in [4.78, 5) is 12.3. The number of nitro benzene ring substituents is 1. The van der Waals surface area contributed by atoms with Crippen LogP contribution in [0.4, 0.5) is 5.69 Å². The van der Waals surface area contributed by atoms with Gasteiger partial charge in [-0.2, -0.15) is 0 Å². The highest BCUT2D eigenvalue weighted by Crippen LogP contribution is 2.50. The van der Waals surface area contributed by atoms with Crippen LogP contribution in [0.2, 0.25) is 0 Å². The van der Waals surface area contributed by atoms with Gasteiger partial charge in [-0.25, -0.2) is 0 Å². The van der Waals surface area contributed by atoms with Crippen LogP contribution in [0.1, 0.15) is 0 Å². The first kappa shape index (κ1) is 17.1. The Bertz CT molecular complexity index is 1630. The molecule has 0 N–H and O–H groups in total. The summed E-state index contributed by atoms with van der Waals surface area (Å²) >= 11 is 1.63. The van der Waals surface area contributed by atoms with Crippen molar-refractivity contribution >= 4 is 58.7 Å². The molecule has 0 spiro atoms. The standard InChI is InChI=1S/C26H15NO2S/c28-27(29)25-23(18-14-7-9-16-8-1-2-10-17(16)18)19-11-3-4-12-20(19)26-24(25)21-13-5-6-15-22(21)30-26/h1-15H. The lowest BCUT2D eigenvalue weighted by Crippen LogP contribution is -1.95. The van der Waals surface area contributed by atoms with Gasteiger partial charge in [0.25, 0.3) is 5.69 Å². The van der Waals surface area contributed by atoms with Gasteiger partial charge < -0.3 is 0 Å². The van der Waals surface area contributed by atoms with Crippen molar-refractivity contribution in [3.05, 3.63) is 101 Å². The lowest BCUT2D eigenvalue weighted by atomic mass is 9.90. The molecule has 142 valence electrons. The van der Waals surface area contributed by atoms with Gasteiger partial charge in [-0.1, -0.05) is 84.9 Å². The zero-order valence-electron chi connectivity index (χ0n) is 15.8. The van der Waals surface area contributed by atoms with Crippen LogP contribution in [0.15, 0.2) is 91.0 Å². The molecular weight excluding hydrogens is 390 g/mol. The number of hydrogen-bond donors (Lipinski definition) is 0. The summed E-state index contributed by atoms with van der Waals surface area (Å²) in [5, 5.41) is 18.3. The van der Waals surface area contributed by atoms with Crippen LogP contribution in [0.5, 0.6) is 0 Å². The number of rotatable bonds is 2. The van der Waals surface area contributed by atoms with E-state index in [1.54, 1.807) is 11.3 Å². The summed E-state index contributed by atoms with van der Waals surface area (Å²) in [6.45, 7) is 0. The molecule has 0 atom stereocenters. The van der Waals surface area contributed by atoms with E-state index in [0.29, 0.717) is 5.56 Å². The quantitative estimate of drug-likeness (QED) is 0.217. The molecule has 0 saturated carbocycles. The highest BCUT2D eigenvalue weighted by Gasteiger charge is 2.27. The van der Waals surface area contributed by atoms with Crippen molar-refractivity contribution in [2.45, 2.75) is 0 Å². The average molecular weight is 405 g/mol. The summed E-state index contributed by atoms with van der Waals surface area (Å²) in [6, 6.07) is 30.1. The first-order chi connectivity index (χ1) is 14.7. The monoisotopic (exact) mass is 405 g/mol. The van der Waals surface area contributed by atoms with Crippen molar-refractivity contribution in [1.82, 2.24) is 0 Å². The maximum absolute atomic E-state index is 12.5. The largest absolute Gasteiger partial charge is 0.287 e. The van der Waals surface area contributed by atoms with E-state index in [1.807, 2.05) is 84.9 Å². The van der Waals surface area contributed by atoms with Gasteiger partial charge in [0.05, 0.1) is 20.6 Å². The number of thiophene rings is 1. The Kier molecular flexibility index (Phi) is 3.64. The van der Waals surface area contributed by atoms with Crippen LogP contribution in [-0.2, 0) is 0 Å². The second-order valence-electron chi connectivity index (χ2n) is 7.36. The Labute approximate surface area is 176 Å². The zero-order chi connectivity index (χ0) is 20.2. The summed E-state index contributed by atoms with van der Waals surface area (Å²) < 4.78 is 2.04. The molecule has 6 rings (SSSR count). The smallest absolute Gasteiger partial charge is 0.258 e. The lowest BCUT2D eigenvalue weighted by Gasteiger charge is -2.13. The van der Waals surface area contributed by atoms with Crippen molar-refractivity contribution in [2.24, 2.45) is 0 Å². The number of fused-ring (bicyclic) bond motifs is 6. The van der Waals surface area contributed by atoms with Crippen molar-refractivity contribution in [2.75, 3.05) is 0 Å². The van der Waals surface area contributed by atoms with Crippen molar-refractivity contribution < 1.29 is 4.92 Å². The number of benzene rings is 5. The van der Waals surface area contributed by atoms with E-state index in [0.717, 1.165) is 47.3 Å². The zero-order valence-corrected chi connectivity index (χ0v) is 16.6. The van der Waals surface area contributed by atoms with Crippen molar-refractivity contribution in [1.29, 1.82) is 0 Å². The number of nitro groups is 1. The number of nitrogens with zero attached hydrogens (tertiary/aromatic N) is 1. The van der Waals surface area contributed by atoms with E-state index in [9.17, 15) is 10.1 Å². The van der Waals surface area contributed by atoms with Gasteiger partial charge >= 0.3 is 0 Å². The van der Waals surface area contributed by atoms with E-state index in [4.69, 9.17) is 0 Å². The van der Waals surface area contributed by atoms with E-state index in [1.165, 1.54) is 0 Å². The summed E-state index contributed by atoms with van der Waals surface area (Å²) in [7, 11) is 0. The van der Waals surface area contributed by atoms with Crippen molar-refractivity contribution in [3.63, 3.8) is 0 Å². The first-order valence-electron chi connectivity index (χ1n) is 9.72. The highest BCUT2D eigenvalue weighted by molar-refractivity contribution is 7.26. The third-order valence-electron chi connectivity index (χ3n) is 5.75.